The first-order valence-electron chi connectivity index (χ1n) is 22.8. The molecule has 18 N–H and O–H groups in total. The predicted octanol–water partition coefficient (Wildman–Crippen LogP) is 6.81. The van der Waals surface area contributed by atoms with Crippen molar-refractivity contribution in [3.8, 4) is 0 Å². The van der Waals surface area contributed by atoms with Crippen LogP contribution >= 0.6 is 0 Å². The van der Waals surface area contributed by atoms with Crippen LogP contribution in [0.25, 0.3) is 0 Å². The molecule has 0 saturated carbocycles. The molecule has 9 rings (SSSR count). The average Bonchev–Trinajstić information content (AvgIpc) is 3.44. The molecular weight excluding hydrogens is 1210 g/mol. The van der Waals surface area contributed by atoms with Crippen LogP contribution in [0.2, 0.25) is 0 Å². The van der Waals surface area contributed by atoms with Crippen molar-refractivity contribution in [2.45, 2.75) is 13.8 Å². The molecular formula is C52H60CdN18O14+2. The van der Waals surface area contributed by atoms with Crippen molar-refractivity contribution >= 4 is 69.6 Å². The average molecular weight is 1270 g/mol. The number of aryl methyl sites for hydroxylation is 2. The summed E-state index contributed by atoms with van der Waals surface area (Å²) in [5.74, 6) is 0. The zero-order valence-electron chi connectivity index (χ0n) is 45.2. The molecule has 9 aromatic rings. The van der Waals surface area contributed by atoms with Gasteiger partial charge in [-0.3, -0.25) is 39.9 Å². The van der Waals surface area contributed by atoms with E-state index in [4.69, 9.17) is 30.6 Å². The molecule has 8 amide bonds. The molecule has 442 valence electrons. The summed E-state index contributed by atoms with van der Waals surface area (Å²) in [6, 6.07) is 35.3. The maximum absolute atomic E-state index is 11.5. The third-order valence-corrected chi connectivity index (χ3v) is 8.57. The maximum atomic E-state index is 11.5. The van der Waals surface area contributed by atoms with E-state index in [2.05, 4.69) is 121 Å². The largest absolute Gasteiger partial charge is 2.00 e. The van der Waals surface area contributed by atoms with Crippen LogP contribution in [-0.2, 0) is 38.3 Å². The number of pyridine rings is 8. The van der Waals surface area contributed by atoms with Crippen molar-refractivity contribution in [3.63, 3.8) is 0 Å². The fourth-order valence-electron chi connectivity index (χ4n) is 5.30. The van der Waals surface area contributed by atoms with Crippen LogP contribution < -0.4 is 42.5 Å². The Morgan fingerprint density at radius 1 is 0.306 bits per heavy atom. The van der Waals surface area contributed by atoms with Crippen molar-refractivity contribution in [2.75, 3.05) is 42.5 Å². The molecule has 8 aromatic heterocycles. The monoisotopic (exact) mass is 1270 g/mol. The van der Waals surface area contributed by atoms with E-state index in [1.807, 2.05) is 0 Å². The Hall–Kier alpha value is -11.3. The van der Waals surface area contributed by atoms with Crippen LogP contribution in [0.15, 0.2) is 220 Å². The number of amides is 8. The van der Waals surface area contributed by atoms with Crippen molar-refractivity contribution in [1.82, 2.24) is 39.9 Å². The maximum Gasteiger partial charge on any atom is 2.00 e. The summed E-state index contributed by atoms with van der Waals surface area (Å²) >= 11 is 0. The van der Waals surface area contributed by atoms with E-state index in [9.17, 15) is 19.2 Å². The molecule has 0 fully saturated rings. The molecule has 0 aliphatic carbocycles. The molecule has 32 nitrogen and oxygen atoms in total. The molecule has 33 heteroatoms. The first-order chi connectivity index (χ1) is 38.6. The van der Waals surface area contributed by atoms with Gasteiger partial charge < -0.3 is 95.1 Å². The van der Waals surface area contributed by atoms with Crippen molar-refractivity contribution in [3.05, 3.63) is 262 Å². The summed E-state index contributed by atoms with van der Waals surface area (Å²) in [5.41, 5.74) is 7.80. The number of urea groups is 4. The molecule has 0 radical (unpaired) electrons. The van der Waals surface area contributed by atoms with Gasteiger partial charge in [-0.25, -0.2) is 19.2 Å². The van der Waals surface area contributed by atoms with Crippen molar-refractivity contribution < 1.29 is 78.6 Å². The van der Waals surface area contributed by atoms with E-state index in [-0.39, 0.29) is 73.3 Å². The van der Waals surface area contributed by atoms with E-state index < -0.39 is 10.2 Å². The number of hydrogen-bond donors (Lipinski definition) is 8. The Morgan fingerprint density at radius 2 is 0.424 bits per heavy atom. The van der Waals surface area contributed by atoms with Crippen LogP contribution in [0.1, 0.15) is 11.1 Å². The number of nitrogens with one attached hydrogen (secondary N) is 8. The third kappa shape index (κ3) is 40.5. The smallest absolute Gasteiger partial charge is 0.457 e. The van der Waals surface area contributed by atoms with Crippen LogP contribution in [0.4, 0.5) is 64.7 Å². The fraction of sp³-hybridized carbons (Fsp3) is 0.0385. The van der Waals surface area contributed by atoms with E-state index in [1.54, 1.807) is 196 Å². The normalized spacial score (nSPS) is 8.59. The Morgan fingerprint density at radius 3 is 0.518 bits per heavy atom. The summed E-state index contributed by atoms with van der Waals surface area (Å²) < 4.78 is 0. The molecule has 0 atom stereocenters. The number of anilines is 8. The zero-order valence-corrected chi connectivity index (χ0v) is 49.2. The predicted molar refractivity (Wildman–Crippen MR) is 318 cm³/mol. The zero-order chi connectivity index (χ0) is 58.0. The minimum absolute atomic E-state index is 0. The first kappa shape index (κ1) is 77.9. The molecule has 0 bridgehead atoms. The van der Waals surface area contributed by atoms with E-state index in [1.165, 1.54) is 11.1 Å². The van der Waals surface area contributed by atoms with Crippen LogP contribution in [0.3, 0.4) is 0 Å². The Labute approximate surface area is 504 Å². The van der Waals surface area contributed by atoms with E-state index >= 15 is 0 Å². The van der Waals surface area contributed by atoms with Crippen LogP contribution in [-0.4, -0.2) is 85.1 Å². The number of benzene rings is 1. The van der Waals surface area contributed by atoms with Gasteiger partial charge in [-0.1, -0.05) is 35.4 Å². The van der Waals surface area contributed by atoms with Gasteiger partial charge in [0.1, 0.15) is 0 Å². The second-order valence-corrected chi connectivity index (χ2v) is 14.9. The summed E-state index contributed by atoms with van der Waals surface area (Å²) in [6.07, 6.45) is 25.7. The van der Waals surface area contributed by atoms with Crippen molar-refractivity contribution in [1.29, 1.82) is 0 Å². The number of hydrogen-bond acceptors (Lipinski definition) is 18. The van der Waals surface area contributed by atoms with Crippen LogP contribution in [0.5, 0.6) is 0 Å². The van der Waals surface area contributed by atoms with Gasteiger partial charge in [-0.05, 0) is 111 Å². The Bertz CT molecular complexity index is 2600. The summed E-state index contributed by atoms with van der Waals surface area (Å²) in [7, 11) is 0. The molecule has 8 heterocycles. The Balaban J connectivity index is -0.000000954. The van der Waals surface area contributed by atoms with Gasteiger partial charge in [0.05, 0.1) is 105 Å². The molecule has 85 heavy (non-hydrogen) atoms. The third-order valence-electron chi connectivity index (χ3n) is 8.57. The minimum atomic E-state index is -1.75. The van der Waals surface area contributed by atoms with E-state index in [0.29, 0.717) is 45.5 Å². The Kier molecular flexibility index (Phi) is 43.5. The quantitative estimate of drug-likeness (QED) is 0.0335. The number of rotatable bonds is 8. The number of nitrogens with zero attached hydrogens (tertiary/aromatic N) is 10. The molecule has 0 aliphatic heterocycles. The van der Waals surface area contributed by atoms with Gasteiger partial charge in [-0.2, -0.15) is 0 Å². The topological polar surface area (TPSA) is 529 Å². The molecule has 0 unspecified atom stereocenters. The molecule has 0 saturated heterocycles. The van der Waals surface area contributed by atoms with E-state index in [0.717, 1.165) is 0 Å². The molecule has 1 aromatic carbocycles. The van der Waals surface area contributed by atoms with Gasteiger partial charge >= 0.3 is 51.4 Å². The number of aromatic nitrogens is 8. The van der Waals surface area contributed by atoms with Gasteiger partial charge in [0.25, 0.3) is 0 Å². The van der Waals surface area contributed by atoms with Crippen molar-refractivity contribution in [2.24, 2.45) is 0 Å². The summed E-state index contributed by atoms with van der Waals surface area (Å²) in [6.45, 7) is 4.19. The van der Waals surface area contributed by atoms with Gasteiger partial charge in [0.2, 0.25) is 0 Å². The standard InChI is InChI=1S/4C11H10N4O.C8H10.Cd.2NO3.4H2O/c4*16-11(14-9-3-1-5-12-7-9)15-10-4-2-6-13-8-10;1-7-3-5-8(2)6-4-7;;2*2-1(3)4;;;;/h4*1-8H,(H2,14,15,16);3-6H,1-2H3;;;;4*1H2/q;;;;;+2;2*-1;;;;/p+2. The summed E-state index contributed by atoms with van der Waals surface area (Å²) in [4.78, 5) is 93.6. The SMILES string of the molecule is Cc1ccc(C)cc1.O.O.O=C(Nc1cccnc1)Nc1cccnc1.O=C(Nc1cccnc1)Nc1cccnc1.O=C(Nc1cccnc1)Nc1cccnc1.O=C(Nc1cccnc1)Nc1cccnc1.O=[N+]([O-])[O-].O=[N+]([O-])[O-].[Cd+2].[OH3+].[OH3+]. The number of carbonyl (C=O) groups excluding carboxylic acids is 4. The van der Waals surface area contributed by atoms with Gasteiger partial charge in [0, 0.05) is 49.6 Å². The van der Waals surface area contributed by atoms with Gasteiger partial charge in [-0.15, -0.1) is 0 Å². The van der Waals surface area contributed by atoms with Crippen LogP contribution in [0, 0.1) is 44.5 Å². The minimum Gasteiger partial charge on any atom is -0.457 e. The second-order valence-electron chi connectivity index (χ2n) is 14.9. The second kappa shape index (κ2) is 47.5. The number of carbonyl (C=O) groups is 4. The summed E-state index contributed by atoms with van der Waals surface area (Å²) in [5, 5.41) is 50.7. The van der Waals surface area contributed by atoms with Gasteiger partial charge in [0.15, 0.2) is 0 Å². The first-order valence-corrected chi connectivity index (χ1v) is 22.8. The molecule has 0 aliphatic rings. The fourth-order valence-corrected chi connectivity index (χ4v) is 5.30. The molecule has 0 spiro atoms.